The minimum absolute atomic E-state index is 0.0121. The second-order valence-corrected chi connectivity index (χ2v) is 6.60. The van der Waals surface area contributed by atoms with Gasteiger partial charge in [-0.2, -0.15) is 5.10 Å². The van der Waals surface area contributed by atoms with E-state index < -0.39 is 15.8 Å². The van der Waals surface area contributed by atoms with E-state index in [-0.39, 0.29) is 40.6 Å². The highest BCUT2D eigenvalue weighted by Gasteiger charge is 2.19. The first-order valence-corrected chi connectivity index (χ1v) is 9.50. The van der Waals surface area contributed by atoms with Crippen LogP contribution in [0.5, 0.6) is 11.5 Å². The first-order chi connectivity index (χ1) is 15.9. The molecule has 0 spiro atoms. The van der Waals surface area contributed by atoms with E-state index in [2.05, 4.69) is 10.5 Å². The summed E-state index contributed by atoms with van der Waals surface area (Å²) in [6, 6.07) is 16.9. The predicted octanol–water partition coefficient (Wildman–Crippen LogP) is 3.85. The molecule has 0 aliphatic rings. The van der Waals surface area contributed by atoms with Gasteiger partial charge in [0.15, 0.2) is 11.5 Å². The van der Waals surface area contributed by atoms with Crippen LogP contribution in [0.4, 0.5) is 11.4 Å². The van der Waals surface area contributed by atoms with Crippen molar-refractivity contribution < 1.29 is 24.1 Å². The third-order valence-electron chi connectivity index (χ3n) is 4.44. The van der Waals surface area contributed by atoms with Crippen LogP contribution in [0, 0.1) is 20.2 Å². The van der Waals surface area contributed by atoms with Crippen molar-refractivity contribution in [1.82, 2.24) is 5.43 Å². The summed E-state index contributed by atoms with van der Waals surface area (Å²) in [4.78, 5) is 33.4. The van der Waals surface area contributed by atoms with Crippen molar-refractivity contribution in [3.63, 3.8) is 0 Å². The van der Waals surface area contributed by atoms with Gasteiger partial charge in [-0.3, -0.25) is 25.0 Å². The van der Waals surface area contributed by atoms with Gasteiger partial charge in [-0.1, -0.05) is 36.4 Å². The van der Waals surface area contributed by atoms with E-state index in [0.29, 0.717) is 0 Å². The third-order valence-corrected chi connectivity index (χ3v) is 4.44. The second kappa shape index (κ2) is 10.5. The summed E-state index contributed by atoms with van der Waals surface area (Å²) in [5.41, 5.74) is 2.57. The Hall–Kier alpha value is -4.80. The van der Waals surface area contributed by atoms with Crippen LogP contribution >= 0.6 is 0 Å². The molecule has 1 amide bonds. The first kappa shape index (κ1) is 22.9. The highest BCUT2D eigenvalue weighted by Crippen LogP contribution is 2.34. The Balaban J connectivity index is 1.79. The van der Waals surface area contributed by atoms with E-state index in [1.54, 1.807) is 0 Å². The Morgan fingerprint density at radius 2 is 1.76 bits per heavy atom. The third kappa shape index (κ3) is 5.88. The lowest BCUT2D eigenvalue weighted by Gasteiger charge is -2.12. The van der Waals surface area contributed by atoms with Crippen molar-refractivity contribution >= 4 is 23.5 Å². The maximum Gasteiger partial charge on any atom is 0.282 e. The summed E-state index contributed by atoms with van der Waals surface area (Å²) >= 11 is 0. The molecular weight excluding hydrogens is 432 g/mol. The van der Waals surface area contributed by atoms with Gasteiger partial charge in [-0.25, -0.2) is 5.43 Å². The average molecular weight is 450 g/mol. The lowest BCUT2D eigenvalue weighted by Crippen LogP contribution is -2.17. The molecule has 3 aromatic carbocycles. The summed E-state index contributed by atoms with van der Waals surface area (Å²) < 4.78 is 11.0. The van der Waals surface area contributed by atoms with Crippen molar-refractivity contribution in [3.05, 3.63) is 104 Å². The van der Waals surface area contributed by atoms with Crippen LogP contribution in [-0.2, 0) is 6.61 Å². The summed E-state index contributed by atoms with van der Waals surface area (Å²) in [6.07, 6.45) is 1.08. The number of nitrogens with zero attached hydrogens (tertiary/aromatic N) is 3. The van der Waals surface area contributed by atoms with Gasteiger partial charge in [0.25, 0.3) is 17.3 Å². The van der Waals surface area contributed by atoms with Crippen molar-refractivity contribution in [3.8, 4) is 11.5 Å². The molecule has 0 unspecified atom stereocenters. The number of rotatable bonds is 9. The fourth-order valence-corrected chi connectivity index (χ4v) is 2.82. The minimum atomic E-state index is -0.715. The topological polar surface area (TPSA) is 146 Å². The number of hydrazone groups is 1. The number of nitrogens with one attached hydrogen (secondary N) is 1. The molecule has 168 valence electrons. The van der Waals surface area contributed by atoms with Crippen LogP contribution in [0.15, 0.2) is 71.8 Å². The molecule has 0 heterocycles. The summed E-state index contributed by atoms with van der Waals surface area (Å²) in [7, 11) is 1.39. The van der Waals surface area contributed by atoms with Gasteiger partial charge in [-0.05, 0) is 17.7 Å². The molecule has 11 heteroatoms. The van der Waals surface area contributed by atoms with Crippen molar-refractivity contribution in [1.29, 1.82) is 0 Å². The fourth-order valence-electron chi connectivity index (χ4n) is 2.82. The molecule has 0 aromatic heterocycles. The van der Waals surface area contributed by atoms with Gasteiger partial charge >= 0.3 is 0 Å². The molecule has 1 N–H and O–H groups in total. The largest absolute Gasteiger partial charge is 0.493 e. The quantitative estimate of drug-likeness (QED) is 0.296. The van der Waals surface area contributed by atoms with Gasteiger partial charge in [0.2, 0.25) is 0 Å². The summed E-state index contributed by atoms with van der Waals surface area (Å²) in [5, 5.41) is 26.2. The zero-order valence-electron chi connectivity index (χ0n) is 17.3. The van der Waals surface area contributed by atoms with Crippen LogP contribution in [0.3, 0.4) is 0 Å². The van der Waals surface area contributed by atoms with Gasteiger partial charge in [0.05, 0.1) is 34.8 Å². The van der Waals surface area contributed by atoms with Gasteiger partial charge in [-0.15, -0.1) is 0 Å². The van der Waals surface area contributed by atoms with Crippen LogP contribution < -0.4 is 14.9 Å². The van der Waals surface area contributed by atoms with E-state index in [1.165, 1.54) is 37.4 Å². The monoisotopic (exact) mass is 450 g/mol. The van der Waals surface area contributed by atoms with Gasteiger partial charge in [0.1, 0.15) is 6.61 Å². The van der Waals surface area contributed by atoms with Crippen LogP contribution in [0.25, 0.3) is 0 Å². The molecular formula is C22H18N4O7. The van der Waals surface area contributed by atoms with Crippen molar-refractivity contribution in [2.45, 2.75) is 6.61 Å². The SMILES string of the molecule is COc1cc(/C=N\NC(=O)c2cccc([N+](=O)[O-])c2)c([N+](=O)[O-])cc1OCc1ccccc1. The number of non-ortho nitro benzene ring substituents is 1. The normalized spacial score (nSPS) is 10.6. The average Bonchev–Trinajstić information content (AvgIpc) is 2.83. The molecule has 0 aliphatic carbocycles. The number of nitro benzene ring substituents is 2. The summed E-state index contributed by atoms with van der Waals surface area (Å²) in [6.45, 7) is 0.182. The number of carbonyl (C=O) groups excluding carboxylic acids is 1. The molecule has 33 heavy (non-hydrogen) atoms. The first-order valence-electron chi connectivity index (χ1n) is 9.50. The van der Waals surface area contributed by atoms with E-state index >= 15 is 0 Å². The zero-order valence-corrected chi connectivity index (χ0v) is 17.3. The highest BCUT2D eigenvalue weighted by atomic mass is 16.6. The molecule has 3 aromatic rings. The van der Waals surface area contributed by atoms with Crippen LogP contribution in [-0.4, -0.2) is 29.1 Å². The van der Waals surface area contributed by atoms with Gasteiger partial charge in [0, 0.05) is 17.7 Å². The molecule has 0 fully saturated rings. The molecule has 0 aliphatic heterocycles. The molecule has 11 nitrogen and oxygen atoms in total. The zero-order chi connectivity index (χ0) is 23.8. The number of nitro groups is 2. The number of methoxy groups -OCH3 is 1. The number of hydrogen-bond donors (Lipinski definition) is 1. The number of ether oxygens (including phenoxy) is 2. The molecule has 0 radical (unpaired) electrons. The van der Waals surface area contributed by atoms with E-state index in [9.17, 15) is 25.0 Å². The predicted molar refractivity (Wildman–Crippen MR) is 119 cm³/mol. The van der Waals surface area contributed by atoms with Crippen molar-refractivity contribution in [2.75, 3.05) is 7.11 Å². The molecule has 3 rings (SSSR count). The fraction of sp³-hybridized carbons (Fsp3) is 0.0909. The standard InChI is InChI=1S/C22H18N4O7/c1-32-20-11-17(13-23-24-22(27)16-8-5-9-18(10-16)25(28)29)19(26(30)31)12-21(20)33-14-15-6-3-2-4-7-15/h2-13H,14H2,1H3,(H,24,27)/b23-13-. The maximum absolute atomic E-state index is 12.2. The number of benzene rings is 3. The minimum Gasteiger partial charge on any atom is -0.493 e. The lowest BCUT2D eigenvalue weighted by molar-refractivity contribution is -0.385. The number of amides is 1. The number of carbonyl (C=O) groups is 1. The number of hydrogen-bond acceptors (Lipinski definition) is 8. The maximum atomic E-state index is 12.2. The van der Waals surface area contributed by atoms with E-state index in [0.717, 1.165) is 17.8 Å². The Morgan fingerprint density at radius 3 is 2.42 bits per heavy atom. The Labute approximate surface area is 187 Å². The van der Waals surface area contributed by atoms with Crippen LogP contribution in [0.2, 0.25) is 0 Å². The smallest absolute Gasteiger partial charge is 0.282 e. The lowest BCUT2D eigenvalue weighted by atomic mass is 10.1. The van der Waals surface area contributed by atoms with Gasteiger partial charge < -0.3 is 9.47 Å². The molecule has 0 bridgehead atoms. The summed E-state index contributed by atoms with van der Waals surface area (Å²) in [5.74, 6) is -0.304. The highest BCUT2D eigenvalue weighted by molar-refractivity contribution is 5.96. The second-order valence-electron chi connectivity index (χ2n) is 6.60. The Morgan fingerprint density at radius 1 is 1.00 bits per heavy atom. The van der Waals surface area contributed by atoms with E-state index in [1.807, 2.05) is 30.3 Å². The van der Waals surface area contributed by atoms with E-state index in [4.69, 9.17) is 9.47 Å². The Bertz CT molecular complexity index is 1210. The molecule has 0 saturated carbocycles. The Kier molecular flexibility index (Phi) is 7.27. The van der Waals surface area contributed by atoms with Crippen molar-refractivity contribution in [2.24, 2.45) is 5.10 Å². The van der Waals surface area contributed by atoms with Crippen LogP contribution in [0.1, 0.15) is 21.5 Å². The molecule has 0 atom stereocenters. The molecule has 0 saturated heterocycles.